The van der Waals surface area contributed by atoms with E-state index < -0.39 is 57.4 Å². The Morgan fingerprint density at radius 2 is 1.21 bits per heavy atom. The third kappa shape index (κ3) is 42.8. The first-order chi connectivity index (χ1) is 30.2. The molecule has 0 bridgehead atoms. The second-order valence-corrected chi connectivity index (χ2v) is 18.4. The van der Waals surface area contributed by atoms with Crippen molar-refractivity contribution in [2.75, 3.05) is 47.5 Å². The van der Waals surface area contributed by atoms with E-state index >= 15 is 0 Å². The molecule has 63 heavy (non-hydrogen) atoms. The topological polar surface area (TPSA) is 169 Å². The summed E-state index contributed by atoms with van der Waals surface area (Å²) in [5, 5.41) is 30.5. The van der Waals surface area contributed by atoms with Crippen LogP contribution < -0.4 is 0 Å². The number of carbonyl (C=O) groups is 2. The van der Waals surface area contributed by atoms with Gasteiger partial charge in [0.25, 0.3) is 0 Å². The first-order valence-corrected chi connectivity index (χ1v) is 25.1. The van der Waals surface area contributed by atoms with Crippen LogP contribution in [0.15, 0.2) is 85.1 Å². The average Bonchev–Trinajstić information content (AvgIpc) is 3.23. The number of esters is 2. The molecule has 13 heteroatoms. The largest absolute Gasteiger partial charge is 0.472 e. The summed E-state index contributed by atoms with van der Waals surface area (Å²) in [5.41, 5.74) is 0. The van der Waals surface area contributed by atoms with Crippen molar-refractivity contribution in [3.05, 3.63) is 85.1 Å². The van der Waals surface area contributed by atoms with Crippen molar-refractivity contribution in [2.24, 2.45) is 0 Å². The number of quaternary nitrogens is 1. The number of unbranched alkanes of at least 4 members (excludes halogenated alkanes) is 12. The minimum Gasteiger partial charge on any atom is -0.462 e. The molecule has 0 aromatic carbocycles. The van der Waals surface area contributed by atoms with Crippen LogP contribution in [0.4, 0.5) is 0 Å². The lowest BCUT2D eigenvalue weighted by Gasteiger charge is -2.24. The third-order valence-corrected chi connectivity index (χ3v) is 10.7. The highest BCUT2D eigenvalue weighted by molar-refractivity contribution is 7.47. The lowest BCUT2D eigenvalue weighted by Crippen LogP contribution is -2.37. The zero-order valence-electron chi connectivity index (χ0n) is 39.6. The lowest BCUT2D eigenvalue weighted by atomic mass is 10.1. The quantitative estimate of drug-likeness (QED) is 0.0115. The number of carbonyl (C=O) groups excluding carboxylic acids is 2. The van der Waals surface area contributed by atoms with Gasteiger partial charge in [-0.25, -0.2) is 4.57 Å². The molecule has 0 fully saturated rings. The Morgan fingerprint density at radius 1 is 0.635 bits per heavy atom. The summed E-state index contributed by atoms with van der Waals surface area (Å²) in [6, 6.07) is 0. The number of rotatable bonds is 41. The molecule has 0 aromatic heterocycles. The van der Waals surface area contributed by atoms with Gasteiger partial charge in [-0.05, 0) is 64.2 Å². The number of aliphatic hydroxyl groups is 3. The van der Waals surface area contributed by atoms with E-state index in [0.29, 0.717) is 23.9 Å². The van der Waals surface area contributed by atoms with E-state index in [1.807, 2.05) is 40.2 Å². The van der Waals surface area contributed by atoms with E-state index in [-0.39, 0.29) is 32.3 Å². The number of likely N-dealkylation sites (N-methyl/N-ethyl adjacent to an activating group) is 1. The fraction of sp³-hybridized carbons (Fsp3) is 0.680. The number of hydrogen-bond donors (Lipinski definition) is 4. The van der Waals surface area contributed by atoms with E-state index in [9.17, 15) is 34.4 Å². The summed E-state index contributed by atoms with van der Waals surface area (Å²) in [6.45, 7) is 3.79. The van der Waals surface area contributed by atoms with Crippen molar-refractivity contribution in [1.29, 1.82) is 0 Å². The van der Waals surface area contributed by atoms with E-state index in [4.69, 9.17) is 18.5 Å². The molecule has 4 N–H and O–H groups in total. The highest BCUT2D eigenvalue weighted by Crippen LogP contribution is 2.43. The summed E-state index contributed by atoms with van der Waals surface area (Å²) in [4.78, 5) is 35.5. The van der Waals surface area contributed by atoms with Crippen LogP contribution in [0.3, 0.4) is 0 Å². The Morgan fingerprint density at radius 3 is 1.83 bits per heavy atom. The molecule has 0 saturated carbocycles. The van der Waals surface area contributed by atoms with Crippen LogP contribution in [-0.2, 0) is 32.7 Å². The van der Waals surface area contributed by atoms with Crippen molar-refractivity contribution in [3.63, 3.8) is 0 Å². The molecule has 0 aliphatic heterocycles. The molecule has 0 spiro atoms. The number of phosphoric acid groups is 1. The summed E-state index contributed by atoms with van der Waals surface area (Å²) in [6.07, 6.45) is 41.5. The van der Waals surface area contributed by atoms with Gasteiger partial charge in [-0.3, -0.25) is 18.6 Å². The SMILES string of the molecule is CC/C=C\C[C@@H](O)/C=C/C=C/C=C\C=C/[C@H](O)[C@@H](O)CCCC(=O)OC[C@H](COP(=O)(O)OCC[N+](C)(C)C)OC(=O)CCCCCCCCCCC/C=C\C/C=C\CCCCC. The summed E-state index contributed by atoms with van der Waals surface area (Å²) < 4.78 is 34.1. The molecular weight excluding hydrogens is 822 g/mol. The molecule has 0 aliphatic rings. The number of aliphatic hydroxyl groups excluding tert-OH is 3. The molecule has 5 atom stereocenters. The Bertz CT molecular complexity index is 1400. The molecule has 0 aromatic rings. The highest BCUT2D eigenvalue weighted by Gasteiger charge is 2.27. The van der Waals surface area contributed by atoms with E-state index in [2.05, 4.69) is 31.2 Å². The van der Waals surface area contributed by atoms with Gasteiger partial charge in [-0.1, -0.05) is 157 Å². The smallest absolute Gasteiger partial charge is 0.462 e. The lowest BCUT2D eigenvalue weighted by molar-refractivity contribution is -0.870. The third-order valence-electron chi connectivity index (χ3n) is 9.75. The first kappa shape index (κ1) is 60.1. The fourth-order valence-corrected chi connectivity index (χ4v) is 6.66. The van der Waals surface area contributed by atoms with Crippen molar-refractivity contribution < 1.29 is 57.4 Å². The van der Waals surface area contributed by atoms with Gasteiger partial charge in [0.15, 0.2) is 6.10 Å². The highest BCUT2D eigenvalue weighted by atomic mass is 31.2. The number of nitrogens with zero attached hydrogens (tertiary/aromatic N) is 1. The second-order valence-electron chi connectivity index (χ2n) is 17.0. The van der Waals surface area contributed by atoms with Crippen molar-refractivity contribution in [2.45, 2.75) is 173 Å². The number of allylic oxidation sites excluding steroid dienone is 11. The zero-order valence-corrected chi connectivity index (χ0v) is 40.5. The number of hydrogen-bond acceptors (Lipinski definition) is 10. The number of ether oxygens (including phenoxy) is 2. The number of phosphoric ester groups is 1. The second kappa shape index (κ2) is 40.6. The Balaban J connectivity index is 4.63. The summed E-state index contributed by atoms with van der Waals surface area (Å²) in [5.74, 6) is -1.14. The predicted octanol–water partition coefficient (Wildman–Crippen LogP) is 10.5. The van der Waals surface area contributed by atoms with Gasteiger partial charge in [0.2, 0.25) is 0 Å². The molecule has 0 radical (unpaired) electrons. The van der Waals surface area contributed by atoms with Crippen LogP contribution >= 0.6 is 7.82 Å². The first-order valence-electron chi connectivity index (χ1n) is 23.6. The molecule has 0 rings (SSSR count). The Hall–Kier alpha value is -2.93. The Labute approximate surface area is 381 Å². The molecule has 362 valence electrons. The van der Waals surface area contributed by atoms with Crippen LogP contribution in [0.25, 0.3) is 0 Å². The molecule has 0 aliphatic carbocycles. The minimum atomic E-state index is -4.47. The van der Waals surface area contributed by atoms with Crippen LogP contribution in [0.5, 0.6) is 0 Å². The van der Waals surface area contributed by atoms with E-state index in [1.165, 1.54) is 63.9 Å². The Kier molecular flexibility index (Phi) is 38.7. The fourth-order valence-electron chi connectivity index (χ4n) is 5.91. The van der Waals surface area contributed by atoms with Gasteiger partial charge in [-0.2, -0.15) is 0 Å². The van der Waals surface area contributed by atoms with Gasteiger partial charge in [-0.15, -0.1) is 0 Å². The van der Waals surface area contributed by atoms with E-state index in [1.54, 1.807) is 42.5 Å². The van der Waals surface area contributed by atoms with Crippen LogP contribution in [0, 0.1) is 0 Å². The maximum atomic E-state index is 12.7. The molecule has 0 amide bonds. The minimum absolute atomic E-state index is 0.0294. The summed E-state index contributed by atoms with van der Waals surface area (Å²) in [7, 11) is 1.27. The van der Waals surface area contributed by atoms with Crippen molar-refractivity contribution in [1.82, 2.24) is 0 Å². The van der Waals surface area contributed by atoms with Gasteiger partial charge in [0.1, 0.15) is 19.8 Å². The summed E-state index contributed by atoms with van der Waals surface area (Å²) >= 11 is 0. The standard InChI is InChI=1S/C50H86NO11P/c1-6-8-10-11-12-13-14-15-16-17-18-19-20-21-22-23-24-29-33-39-50(56)62-46(44-61-63(57,58)60-42-41-51(3,4)5)43-59-49(55)40-34-38-48(54)47(53)37-32-28-26-25-27-31-36-45(52)35-30-9-7-2/h9,12-13,15-16,25-28,30-32,36-37,45-48,52-54H,6-8,10-11,14,17-24,29,33-35,38-44H2,1-5H3/p+1/b13-12-,16-15-,27-25+,28-26-,30-9-,36-31+,37-32-/t45-,46-,47+,48+/m1/s1. The maximum absolute atomic E-state index is 12.7. The van der Waals surface area contributed by atoms with Gasteiger partial charge < -0.3 is 34.2 Å². The monoisotopic (exact) mass is 909 g/mol. The molecule has 1 unspecified atom stereocenters. The van der Waals surface area contributed by atoms with Gasteiger partial charge in [0, 0.05) is 12.8 Å². The van der Waals surface area contributed by atoms with Gasteiger partial charge in [0.05, 0.1) is 46.1 Å². The molecule has 12 nitrogen and oxygen atoms in total. The van der Waals surface area contributed by atoms with Crippen LogP contribution in [0.2, 0.25) is 0 Å². The maximum Gasteiger partial charge on any atom is 0.472 e. The normalized spacial score (nSPS) is 15.8. The molecule has 0 saturated heterocycles. The van der Waals surface area contributed by atoms with E-state index in [0.717, 1.165) is 38.5 Å². The molecule has 0 heterocycles. The zero-order chi connectivity index (χ0) is 46.9. The predicted molar refractivity (Wildman–Crippen MR) is 256 cm³/mol. The van der Waals surface area contributed by atoms with Gasteiger partial charge >= 0.3 is 19.8 Å². The average molecular weight is 909 g/mol. The van der Waals surface area contributed by atoms with Crippen molar-refractivity contribution >= 4 is 19.8 Å². The van der Waals surface area contributed by atoms with Crippen LogP contribution in [-0.4, -0.2) is 109 Å². The van der Waals surface area contributed by atoms with Crippen molar-refractivity contribution in [3.8, 4) is 0 Å². The van der Waals surface area contributed by atoms with Crippen LogP contribution in [0.1, 0.15) is 149 Å². The molecular formula is C50H87NO11P+.